The fourth-order valence-corrected chi connectivity index (χ4v) is 5.83. The molecule has 0 saturated carbocycles. The van der Waals surface area contributed by atoms with Crippen molar-refractivity contribution in [3.05, 3.63) is 113 Å². The highest BCUT2D eigenvalue weighted by Gasteiger charge is 2.21. The highest BCUT2D eigenvalue weighted by Crippen LogP contribution is 2.36. The Morgan fingerprint density at radius 2 is 1.58 bits per heavy atom. The van der Waals surface area contributed by atoms with Crippen LogP contribution < -0.4 is 9.46 Å². The van der Waals surface area contributed by atoms with Crippen molar-refractivity contribution in [3.63, 3.8) is 0 Å². The lowest BCUT2D eigenvalue weighted by atomic mass is 9.95. The van der Waals surface area contributed by atoms with Crippen molar-refractivity contribution in [2.24, 2.45) is 0 Å². The summed E-state index contributed by atoms with van der Waals surface area (Å²) in [6.45, 7) is 4.38. The molecule has 45 heavy (non-hydrogen) atoms. The van der Waals surface area contributed by atoms with Gasteiger partial charge < -0.3 is 19.1 Å². The number of methoxy groups -OCH3 is 1. The Morgan fingerprint density at radius 3 is 2.24 bits per heavy atom. The maximum atomic E-state index is 13.2. The molecule has 0 unspecified atom stereocenters. The summed E-state index contributed by atoms with van der Waals surface area (Å²) in [7, 11) is -2.40. The fourth-order valence-electron chi connectivity index (χ4n) is 4.65. The number of halogens is 1. The van der Waals surface area contributed by atoms with Crippen LogP contribution in [0.3, 0.4) is 0 Å². The molecule has 0 aliphatic carbocycles. The Morgan fingerprint density at radius 1 is 0.844 bits per heavy atom. The average Bonchev–Trinajstić information content (AvgIpc) is 3.03. The molecule has 0 saturated heterocycles. The molecule has 0 aromatic heterocycles. The van der Waals surface area contributed by atoms with Crippen LogP contribution in [0.5, 0.6) is 5.75 Å². The number of nitrogens with zero attached hydrogens (tertiary/aromatic N) is 1. The minimum atomic E-state index is -3.94. The third kappa shape index (κ3) is 8.99. The number of nitrogens with one attached hydrogen (secondary N) is 1. The van der Waals surface area contributed by atoms with Crippen LogP contribution in [-0.2, 0) is 43.9 Å². The summed E-state index contributed by atoms with van der Waals surface area (Å²) in [5, 5.41) is 0.415. The molecule has 0 aliphatic rings. The molecule has 0 bridgehead atoms. The van der Waals surface area contributed by atoms with E-state index >= 15 is 0 Å². The highest BCUT2D eigenvalue weighted by molar-refractivity contribution is 7.92. The molecule has 0 spiro atoms. The standard InChI is InChI=1S/C34H35ClN2O7S/c1-4-37(34(39)44-23-24-9-7-6-8-10-24)22-26-21-28(36-45(40,41)29-15-12-27(35)13-16-29)14-17-30(26)31-19-25(11-18-32(31)42-3)20-33(38)43-5-2/h6-19,21,36H,4-5,20,22-23H2,1-3H3. The molecule has 0 aliphatic heterocycles. The van der Waals surface area contributed by atoms with Crippen LogP contribution in [0.1, 0.15) is 30.5 Å². The predicted octanol–water partition coefficient (Wildman–Crippen LogP) is 7.08. The van der Waals surface area contributed by atoms with Gasteiger partial charge in [0.25, 0.3) is 10.0 Å². The Hall–Kier alpha value is -4.54. The number of carbonyl (C=O) groups is 2. The SMILES string of the molecule is CCOC(=O)Cc1ccc(OC)c(-c2ccc(NS(=O)(=O)c3ccc(Cl)cc3)cc2CN(CC)C(=O)OCc2ccccc2)c1. The topological polar surface area (TPSA) is 111 Å². The molecule has 4 rings (SSSR count). The van der Waals surface area contributed by atoms with E-state index in [9.17, 15) is 18.0 Å². The average molecular weight is 651 g/mol. The summed E-state index contributed by atoms with van der Waals surface area (Å²) < 4.78 is 45.4. The summed E-state index contributed by atoms with van der Waals surface area (Å²) >= 11 is 5.95. The zero-order chi connectivity index (χ0) is 32.4. The van der Waals surface area contributed by atoms with E-state index in [0.717, 1.165) is 5.56 Å². The van der Waals surface area contributed by atoms with Gasteiger partial charge in [-0.1, -0.05) is 54.1 Å². The number of hydrogen-bond donors (Lipinski definition) is 1. The second kappa shape index (κ2) is 15.5. The quantitative estimate of drug-likeness (QED) is 0.154. The van der Waals surface area contributed by atoms with Crippen LogP contribution in [0.4, 0.5) is 10.5 Å². The molecule has 0 fully saturated rings. The Balaban J connectivity index is 1.72. The third-order valence-electron chi connectivity index (χ3n) is 6.90. The molecule has 0 radical (unpaired) electrons. The number of esters is 1. The molecule has 236 valence electrons. The lowest BCUT2D eigenvalue weighted by Crippen LogP contribution is -2.31. The monoisotopic (exact) mass is 650 g/mol. The maximum absolute atomic E-state index is 13.2. The van der Waals surface area contributed by atoms with E-state index in [4.69, 9.17) is 25.8 Å². The van der Waals surface area contributed by atoms with Gasteiger partial charge in [-0.2, -0.15) is 0 Å². The van der Waals surface area contributed by atoms with Gasteiger partial charge in [-0.05, 0) is 84.6 Å². The van der Waals surface area contributed by atoms with Crippen molar-refractivity contribution in [3.8, 4) is 16.9 Å². The first kappa shape index (κ1) is 33.4. The number of carbonyl (C=O) groups excluding carboxylic acids is 2. The maximum Gasteiger partial charge on any atom is 0.410 e. The minimum absolute atomic E-state index is 0.0468. The first-order chi connectivity index (χ1) is 21.6. The van der Waals surface area contributed by atoms with Crippen molar-refractivity contribution >= 4 is 39.4 Å². The van der Waals surface area contributed by atoms with Gasteiger partial charge in [0, 0.05) is 29.4 Å². The molecule has 4 aromatic carbocycles. The lowest BCUT2D eigenvalue weighted by Gasteiger charge is -2.23. The molecule has 4 aromatic rings. The highest BCUT2D eigenvalue weighted by atomic mass is 35.5. The smallest absolute Gasteiger partial charge is 0.410 e. The minimum Gasteiger partial charge on any atom is -0.496 e. The van der Waals surface area contributed by atoms with Crippen LogP contribution in [0.15, 0.2) is 95.9 Å². The molecule has 0 atom stereocenters. The number of benzene rings is 4. The Labute approximate surface area is 268 Å². The predicted molar refractivity (Wildman–Crippen MR) is 174 cm³/mol. The third-order valence-corrected chi connectivity index (χ3v) is 8.54. The van der Waals surface area contributed by atoms with Crippen molar-refractivity contribution in [1.29, 1.82) is 0 Å². The number of anilines is 1. The second-order valence-corrected chi connectivity index (χ2v) is 12.1. The molecule has 1 amide bonds. The largest absolute Gasteiger partial charge is 0.496 e. The van der Waals surface area contributed by atoms with E-state index in [2.05, 4.69) is 4.72 Å². The molecule has 0 heterocycles. The van der Waals surface area contributed by atoms with Gasteiger partial charge >= 0.3 is 12.1 Å². The van der Waals surface area contributed by atoms with E-state index < -0.39 is 16.1 Å². The number of amides is 1. The van der Waals surface area contributed by atoms with Crippen LogP contribution in [-0.4, -0.2) is 45.6 Å². The van der Waals surface area contributed by atoms with E-state index in [1.54, 1.807) is 37.3 Å². The Bertz CT molecular complexity index is 1730. The van der Waals surface area contributed by atoms with Crippen LogP contribution >= 0.6 is 11.6 Å². The van der Waals surface area contributed by atoms with Crippen molar-refractivity contribution in [2.45, 2.75) is 38.3 Å². The first-order valence-corrected chi connectivity index (χ1v) is 16.2. The molecule has 11 heteroatoms. The van der Waals surface area contributed by atoms with Crippen molar-refractivity contribution in [1.82, 2.24) is 4.90 Å². The number of sulfonamides is 1. The van der Waals surface area contributed by atoms with E-state index in [1.807, 2.05) is 43.3 Å². The number of ether oxygens (including phenoxy) is 3. The van der Waals surface area contributed by atoms with Gasteiger partial charge in [0.2, 0.25) is 0 Å². The van der Waals surface area contributed by atoms with E-state index in [0.29, 0.717) is 45.3 Å². The molecular formula is C34H35ClN2O7S. The number of hydrogen-bond acceptors (Lipinski definition) is 7. The molecule has 1 N–H and O–H groups in total. The zero-order valence-electron chi connectivity index (χ0n) is 25.3. The van der Waals surface area contributed by atoms with Crippen LogP contribution in [0, 0.1) is 0 Å². The van der Waals surface area contributed by atoms with Gasteiger partial charge in [0.15, 0.2) is 0 Å². The van der Waals surface area contributed by atoms with Crippen LogP contribution in [0.25, 0.3) is 11.1 Å². The Kier molecular flexibility index (Phi) is 11.5. The molecular weight excluding hydrogens is 616 g/mol. The van der Waals surface area contributed by atoms with Gasteiger partial charge in [-0.15, -0.1) is 0 Å². The van der Waals surface area contributed by atoms with Crippen molar-refractivity contribution < 1.29 is 32.2 Å². The second-order valence-electron chi connectivity index (χ2n) is 10.0. The van der Waals surface area contributed by atoms with Gasteiger partial charge in [-0.25, -0.2) is 13.2 Å². The normalized spacial score (nSPS) is 11.0. The molecule has 9 nitrogen and oxygen atoms in total. The van der Waals surface area contributed by atoms with Crippen LogP contribution in [0.2, 0.25) is 5.02 Å². The van der Waals surface area contributed by atoms with Gasteiger partial charge in [-0.3, -0.25) is 9.52 Å². The van der Waals surface area contributed by atoms with Crippen molar-refractivity contribution in [2.75, 3.05) is 25.0 Å². The lowest BCUT2D eigenvalue weighted by molar-refractivity contribution is -0.142. The zero-order valence-corrected chi connectivity index (χ0v) is 26.9. The first-order valence-electron chi connectivity index (χ1n) is 14.3. The van der Waals surface area contributed by atoms with Gasteiger partial charge in [0.05, 0.1) is 25.0 Å². The number of rotatable bonds is 13. The summed E-state index contributed by atoms with van der Waals surface area (Å²) in [6, 6.07) is 25.6. The summed E-state index contributed by atoms with van der Waals surface area (Å²) in [5.41, 5.74) is 3.81. The summed E-state index contributed by atoms with van der Waals surface area (Å²) in [6.07, 6.45) is -0.464. The fraction of sp³-hybridized carbons (Fsp3) is 0.235. The summed E-state index contributed by atoms with van der Waals surface area (Å²) in [5.74, 6) is 0.173. The van der Waals surface area contributed by atoms with Gasteiger partial charge in [0.1, 0.15) is 12.4 Å². The van der Waals surface area contributed by atoms with E-state index in [1.165, 1.54) is 36.3 Å². The summed E-state index contributed by atoms with van der Waals surface area (Å²) in [4.78, 5) is 27.0. The van der Waals surface area contributed by atoms with E-state index in [-0.39, 0.29) is 37.0 Å².